The van der Waals surface area contributed by atoms with Gasteiger partial charge in [0.05, 0.1) is 6.10 Å². The summed E-state index contributed by atoms with van der Waals surface area (Å²) in [6.45, 7) is 0.407. The van der Waals surface area contributed by atoms with Crippen LogP contribution in [0.3, 0.4) is 0 Å². The van der Waals surface area contributed by atoms with E-state index >= 15 is 0 Å². The number of likely N-dealkylation sites (N-methyl/N-ethyl adjacent to an activating group) is 1. The fraction of sp³-hybridized carbons (Fsp3) is 0.385. The fourth-order valence-electron chi connectivity index (χ4n) is 1.35. The van der Waals surface area contributed by atoms with Gasteiger partial charge in [-0.1, -0.05) is 6.07 Å². The predicted octanol–water partition coefficient (Wildman–Crippen LogP) is -1.42. The molecule has 8 N–H and O–H groups in total. The summed E-state index contributed by atoms with van der Waals surface area (Å²) in [7, 11) is 1.73. The van der Waals surface area contributed by atoms with Crippen LogP contribution in [0.5, 0.6) is 11.5 Å². The van der Waals surface area contributed by atoms with Crippen molar-refractivity contribution < 1.29 is 45.3 Å². The second kappa shape index (κ2) is 8.90. The van der Waals surface area contributed by atoms with Crippen LogP contribution in [0, 0.1) is 0 Å². The number of benzene rings is 1. The smallest absolute Gasteiger partial charge is 0.364 e. The first-order valence-electron chi connectivity index (χ1n) is 6.25. The molecule has 1 aromatic carbocycles. The van der Waals surface area contributed by atoms with Crippen molar-refractivity contribution in [3.63, 3.8) is 0 Å². The van der Waals surface area contributed by atoms with Gasteiger partial charge in [0.25, 0.3) is 5.79 Å². The number of carbonyl (C=O) groups is 2. The highest BCUT2D eigenvalue weighted by atomic mass is 16.5. The number of nitrogens with one attached hydrogen (secondary N) is 1. The SMILES string of the molecule is CNCC(O)c1ccc(O)c(O)c1.O=C(O)CC(O)(O)C(=O)O. The Balaban J connectivity index is 0.000000438. The molecular formula is C13H19NO9. The van der Waals surface area contributed by atoms with E-state index in [2.05, 4.69) is 5.32 Å². The van der Waals surface area contributed by atoms with Crippen molar-refractivity contribution in [2.24, 2.45) is 0 Å². The van der Waals surface area contributed by atoms with Crippen LogP contribution in [0.4, 0.5) is 0 Å². The second-order valence-electron chi connectivity index (χ2n) is 4.51. The van der Waals surface area contributed by atoms with Crippen molar-refractivity contribution in [1.82, 2.24) is 5.32 Å². The first-order chi connectivity index (χ1) is 10.5. The number of phenolic OH excluding ortho intramolecular Hbond substituents is 2. The Morgan fingerprint density at radius 1 is 1.17 bits per heavy atom. The maximum absolute atomic E-state index is 9.79. The van der Waals surface area contributed by atoms with Crippen molar-refractivity contribution in [3.05, 3.63) is 23.8 Å². The molecular weight excluding hydrogens is 314 g/mol. The maximum atomic E-state index is 9.79. The lowest BCUT2D eigenvalue weighted by Crippen LogP contribution is -2.40. The third-order valence-corrected chi connectivity index (χ3v) is 2.52. The molecule has 1 unspecified atom stereocenters. The van der Waals surface area contributed by atoms with Gasteiger partial charge in [-0.3, -0.25) is 4.79 Å². The number of phenols is 2. The second-order valence-corrected chi connectivity index (χ2v) is 4.51. The van der Waals surface area contributed by atoms with Crippen LogP contribution in [0.1, 0.15) is 18.1 Å². The van der Waals surface area contributed by atoms with Crippen molar-refractivity contribution in [2.45, 2.75) is 18.3 Å². The third kappa shape index (κ3) is 7.42. The average Bonchev–Trinajstić information content (AvgIpc) is 2.41. The van der Waals surface area contributed by atoms with Crippen molar-refractivity contribution >= 4 is 11.9 Å². The summed E-state index contributed by atoms with van der Waals surface area (Å²) in [6.07, 6.45) is -1.90. The molecule has 1 rings (SSSR count). The van der Waals surface area contributed by atoms with Crippen molar-refractivity contribution in [3.8, 4) is 11.5 Å². The number of aliphatic hydroxyl groups is 3. The van der Waals surface area contributed by atoms with Crippen LogP contribution in [0.2, 0.25) is 0 Å². The molecule has 130 valence electrons. The van der Waals surface area contributed by atoms with E-state index in [9.17, 15) is 14.7 Å². The quantitative estimate of drug-likeness (QED) is 0.226. The highest BCUT2D eigenvalue weighted by Gasteiger charge is 2.35. The molecule has 0 saturated carbocycles. The standard InChI is InChI=1S/C9H13NO3.C4H6O6/c1-10-5-9(13)6-2-3-7(11)8(12)4-6;5-2(6)1-4(9,10)3(7)8/h2-4,9-13H,5H2,1H3;9-10H,1H2,(H,5,6)(H,7,8). The van der Waals surface area contributed by atoms with Crippen LogP contribution < -0.4 is 5.32 Å². The van der Waals surface area contributed by atoms with Crippen molar-refractivity contribution in [2.75, 3.05) is 13.6 Å². The summed E-state index contributed by atoms with van der Waals surface area (Å²) in [5.74, 6) is -7.12. The van der Waals surface area contributed by atoms with E-state index in [4.69, 9.17) is 30.6 Å². The average molecular weight is 333 g/mol. The molecule has 1 atom stereocenters. The maximum Gasteiger partial charge on any atom is 0.364 e. The normalized spacial score (nSPS) is 12.0. The molecule has 1 aromatic rings. The Bertz CT molecular complexity index is 544. The minimum absolute atomic E-state index is 0.180. The molecule has 0 spiro atoms. The molecule has 10 nitrogen and oxygen atoms in total. The van der Waals surface area contributed by atoms with Gasteiger partial charge < -0.3 is 41.1 Å². The summed E-state index contributed by atoms with van der Waals surface area (Å²) in [4.78, 5) is 19.5. The zero-order chi connectivity index (χ0) is 18.2. The predicted molar refractivity (Wildman–Crippen MR) is 75.7 cm³/mol. The Morgan fingerprint density at radius 3 is 2.09 bits per heavy atom. The first kappa shape index (κ1) is 20.6. The zero-order valence-corrected chi connectivity index (χ0v) is 12.2. The van der Waals surface area contributed by atoms with Gasteiger partial charge >= 0.3 is 11.9 Å². The molecule has 0 saturated heterocycles. The Labute approximate surface area is 130 Å². The van der Waals surface area contributed by atoms with E-state index in [1.807, 2.05) is 0 Å². The minimum Gasteiger partial charge on any atom is -0.504 e. The number of aromatic hydroxyl groups is 2. The van der Waals surface area contributed by atoms with E-state index in [1.54, 1.807) is 13.1 Å². The lowest BCUT2D eigenvalue weighted by Gasteiger charge is -2.12. The van der Waals surface area contributed by atoms with E-state index in [-0.39, 0.29) is 11.5 Å². The number of hydrogen-bond acceptors (Lipinski definition) is 8. The minimum atomic E-state index is -3.16. The highest BCUT2D eigenvalue weighted by Crippen LogP contribution is 2.27. The molecule has 0 heterocycles. The van der Waals surface area contributed by atoms with Crippen LogP contribution in [0.25, 0.3) is 0 Å². The Morgan fingerprint density at radius 2 is 1.74 bits per heavy atom. The molecule has 0 aliphatic rings. The molecule has 0 radical (unpaired) electrons. The van der Waals surface area contributed by atoms with Gasteiger partial charge in [0.15, 0.2) is 11.5 Å². The Kier molecular flexibility index (Phi) is 7.97. The molecule has 0 aliphatic heterocycles. The number of hydrogen-bond donors (Lipinski definition) is 8. The van der Waals surface area contributed by atoms with Crippen LogP contribution in [-0.2, 0) is 9.59 Å². The van der Waals surface area contributed by atoms with Crippen LogP contribution in [-0.4, -0.2) is 67.1 Å². The highest BCUT2D eigenvalue weighted by molar-refractivity contribution is 5.81. The lowest BCUT2D eigenvalue weighted by molar-refractivity contribution is -0.208. The molecule has 0 amide bonds. The Hall–Kier alpha value is -2.40. The van der Waals surface area contributed by atoms with Gasteiger partial charge in [-0.2, -0.15) is 0 Å². The molecule has 0 aliphatic carbocycles. The topological polar surface area (TPSA) is 188 Å². The largest absolute Gasteiger partial charge is 0.504 e. The van der Waals surface area contributed by atoms with Gasteiger partial charge in [-0.15, -0.1) is 0 Å². The van der Waals surface area contributed by atoms with Crippen LogP contribution in [0.15, 0.2) is 18.2 Å². The number of carboxylic acids is 2. The van der Waals surface area contributed by atoms with Gasteiger partial charge in [0.1, 0.15) is 6.42 Å². The summed E-state index contributed by atoms with van der Waals surface area (Å²) < 4.78 is 0. The van der Waals surface area contributed by atoms with Crippen molar-refractivity contribution in [1.29, 1.82) is 0 Å². The summed E-state index contributed by atoms with van der Waals surface area (Å²) in [6, 6.07) is 4.26. The monoisotopic (exact) mass is 333 g/mol. The van der Waals surface area contributed by atoms with E-state index in [0.29, 0.717) is 12.1 Å². The third-order valence-electron chi connectivity index (χ3n) is 2.52. The zero-order valence-electron chi connectivity index (χ0n) is 12.2. The summed E-state index contributed by atoms with van der Waals surface area (Å²) in [5.41, 5.74) is 0.574. The number of carboxylic acid groups (broad SMARTS) is 2. The number of rotatable bonds is 6. The fourth-order valence-corrected chi connectivity index (χ4v) is 1.35. The molecule has 0 fully saturated rings. The molecule has 10 heteroatoms. The van der Waals surface area contributed by atoms with E-state index < -0.39 is 30.3 Å². The van der Waals surface area contributed by atoms with E-state index in [1.165, 1.54) is 12.1 Å². The van der Waals surface area contributed by atoms with Gasteiger partial charge in [0.2, 0.25) is 0 Å². The lowest BCUT2D eigenvalue weighted by atomic mass is 10.1. The molecule has 0 bridgehead atoms. The number of aliphatic carboxylic acids is 2. The summed E-state index contributed by atoms with van der Waals surface area (Å²) in [5, 5.41) is 62.9. The van der Waals surface area contributed by atoms with E-state index in [0.717, 1.165) is 0 Å². The summed E-state index contributed by atoms with van der Waals surface area (Å²) >= 11 is 0. The van der Waals surface area contributed by atoms with Crippen LogP contribution >= 0.6 is 0 Å². The van der Waals surface area contributed by atoms with Gasteiger partial charge in [0, 0.05) is 6.54 Å². The van der Waals surface area contributed by atoms with Gasteiger partial charge in [-0.25, -0.2) is 4.79 Å². The molecule has 23 heavy (non-hydrogen) atoms. The van der Waals surface area contributed by atoms with Gasteiger partial charge in [-0.05, 0) is 24.7 Å². The first-order valence-corrected chi connectivity index (χ1v) is 6.25. The molecule has 0 aromatic heterocycles. The number of aliphatic hydroxyl groups excluding tert-OH is 1.